The van der Waals surface area contributed by atoms with Crippen LogP contribution in [0, 0.1) is 0 Å². The summed E-state index contributed by atoms with van der Waals surface area (Å²) < 4.78 is 5.28. The van der Waals surface area contributed by atoms with Crippen LogP contribution in [0.5, 0.6) is 0 Å². The molecule has 2 atom stereocenters. The van der Waals surface area contributed by atoms with Crippen molar-refractivity contribution in [3.05, 3.63) is 0 Å². The molecule has 1 amide bonds. The van der Waals surface area contributed by atoms with Crippen molar-refractivity contribution in [2.45, 2.75) is 63.7 Å². The quantitative estimate of drug-likeness (QED) is 0.765. The third kappa shape index (κ3) is 2.20. The monoisotopic (exact) mass is 240 g/mol. The van der Waals surface area contributed by atoms with Gasteiger partial charge < -0.3 is 9.64 Å². The molecule has 17 heavy (non-hydrogen) atoms. The molecule has 1 aliphatic carbocycles. The van der Waals surface area contributed by atoms with E-state index in [1.165, 1.54) is 0 Å². The van der Waals surface area contributed by atoms with E-state index >= 15 is 0 Å². The second kappa shape index (κ2) is 4.94. The van der Waals surface area contributed by atoms with Gasteiger partial charge in [0.25, 0.3) is 0 Å². The smallest absolute Gasteiger partial charge is 0.244 e. The van der Waals surface area contributed by atoms with Crippen molar-refractivity contribution in [1.82, 2.24) is 10.2 Å². The van der Waals surface area contributed by atoms with Gasteiger partial charge in [0.2, 0.25) is 5.91 Å². The van der Waals surface area contributed by atoms with E-state index in [0.717, 1.165) is 32.1 Å². The van der Waals surface area contributed by atoms with Crippen LogP contribution in [0.2, 0.25) is 0 Å². The SMILES string of the molecule is CCCC(COC)N1C(=O)C2(CC2)NC1CC. The number of hydrogen-bond acceptors (Lipinski definition) is 3. The van der Waals surface area contributed by atoms with Crippen molar-refractivity contribution in [3.63, 3.8) is 0 Å². The highest BCUT2D eigenvalue weighted by molar-refractivity contribution is 5.92. The highest BCUT2D eigenvalue weighted by atomic mass is 16.5. The summed E-state index contributed by atoms with van der Waals surface area (Å²) in [5.41, 5.74) is -0.194. The van der Waals surface area contributed by atoms with E-state index in [1.54, 1.807) is 7.11 Å². The van der Waals surface area contributed by atoms with Gasteiger partial charge in [-0.25, -0.2) is 0 Å². The van der Waals surface area contributed by atoms with Crippen LogP contribution >= 0.6 is 0 Å². The second-order valence-electron chi connectivity index (χ2n) is 5.26. The third-order valence-corrected chi connectivity index (χ3v) is 3.93. The van der Waals surface area contributed by atoms with Crippen molar-refractivity contribution in [3.8, 4) is 0 Å². The first-order chi connectivity index (χ1) is 8.18. The van der Waals surface area contributed by atoms with Crippen molar-refractivity contribution in [2.24, 2.45) is 0 Å². The lowest BCUT2D eigenvalue weighted by Gasteiger charge is -2.31. The first-order valence-corrected chi connectivity index (χ1v) is 6.78. The molecule has 0 aromatic carbocycles. The van der Waals surface area contributed by atoms with E-state index in [-0.39, 0.29) is 17.7 Å². The predicted octanol–water partition coefficient (Wildman–Crippen LogP) is 1.50. The van der Waals surface area contributed by atoms with E-state index in [4.69, 9.17) is 4.74 Å². The van der Waals surface area contributed by atoms with E-state index in [0.29, 0.717) is 12.5 Å². The van der Waals surface area contributed by atoms with Gasteiger partial charge in [-0.15, -0.1) is 0 Å². The molecule has 1 spiro atoms. The van der Waals surface area contributed by atoms with Gasteiger partial charge in [-0.2, -0.15) is 0 Å². The Kier molecular flexibility index (Phi) is 3.73. The highest BCUT2D eigenvalue weighted by Gasteiger charge is 2.59. The molecule has 2 fully saturated rings. The van der Waals surface area contributed by atoms with Crippen molar-refractivity contribution < 1.29 is 9.53 Å². The number of amides is 1. The predicted molar refractivity (Wildman–Crippen MR) is 66.6 cm³/mol. The molecule has 2 unspecified atom stereocenters. The zero-order chi connectivity index (χ0) is 12.5. The number of rotatable bonds is 6. The van der Waals surface area contributed by atoms with Gasteiger partial charge in [-0.05, 0) is 25.7 Å². The minimum absolute atomic E-state index is 0.194. The Morgan fingerprint density at radius 2 is 2.24 bits per heavy atom. The Balaban J connectivity index is 2.12. The Bertz CT molecular complexity index is 283. The minimum atomic E-state index is -0.194. The summed E-state index contributed by atoms with van der Waals surface area (Å²) in [6, 6.07) is 0.231. The number of carbonyl (C=O) groups is 1. The van der Waals surface area contributed by atoms with Gasteiger partial charge in [0.1, 0.15) is 0 Å². The number of ether oxygens (including phenoxy) is 1. The lowest BCUT2D eigenvalue weighted by atomic mass is 10.1. The Hall–Kier alpha value is -0.610. The van der Waals surface area contributed by atoms with E-state index in [2.05, 4.69) is 24.1 Å². The molecular weight excluding hydrogens is 216 g/mol. The number of nitrogens with zero attached hydrogens (tertiary/aromatic N) is 1. The van der Waals surface area contributed by atoms with Crippen molar-refractivity contribution in [1.29, 1.82) is 0 Å². The molecule has 2 rings (SSSR count). The largest absolute Gasteiger partial charge is 0.383 e. The number of carbonyl (C=O) groups excluding carboxylic acids is 1. The first-order valence-electron chi connectivity index (χ1n) is 6.78. The third-order valence-electron chi connectivity index (χ3n) is 3.93. The van der Waals surface area contributed by atoms with Crippen LogP contribution in [0.1, 0.15) is 46.0 Å². The molecule has 98 valence electrons. The van der Waals surface area contributed by atoms with Gasteiger partial charge in [0, 0.05) is 7.11 Å². The summed E-state index contributed by atoms with van der Waals surface area (Å²) >= 11 is 0. The molecule has 1 N–H and O–H groups in total. The maximum Gasteiger partial charge on any atom is 0.244 e. The van der Waals surface area contributed by atoms with Gasteiger partial charge in [0.05, 0.1) is 24.4 Å². The van der Waals surface area contributed by atoms with Crippen LogP contribution in [0.3, 0.4) is 0 Å². The Morgan fingerprint density at radius 1 is 1.53 bits per heavy atom. The number of nitrogens with one attached hydrogen (secondary N) is 1. The van der Waals surface area contributed by atoms with Crippen molar-refractivity contribution >= 4 is 5.91 Å². The van der Waals surface area contributed by atoms with Gasteiger partial charge in [0.15, 0.2) is 0 Å². The molecular formula is C13H24N2O2. The Labute approximate surface area is 104 Å². The summed E-state index contributed by atoms with van der Waals surface area (Å²) in [5.74, 6) is 0.305. The van der Waals surface area contributed by atoms with Crippen LogP contribution in [0.25, 0.3) is 0 Å². The van der Waals surface area contributed by atoms with Gasteiger partial charge in [-0.3, -0.25) is 10.1 Å². The van der Waals surface area contributed by atoms with Crippen LogP contribution in [-0.4, -0.2) is 42.3 Å². The number of hydrogen-bond donors (Lipinski definition) is 1. The standard InChI is InChI=1S/C13H24N2O2/c1-4-6-10(9-17-3)15-11(5-2)14-13(7-8-13)12(15)16/h10-11,14H,4-9H2,1-3H3. The fraction of sp³-hybridized carbons (Fsp3) is 0.923. The van der Waals surface area contributed by atoms with Crippen LogP contribution in [-0.2, 0) is 9.53 Å². The summed E-state index contributed by atoms with van der Waals surface area (Å²) in [7, 11) is 1.71. The van der Waals surface area contributed by atoms with E-state index in [1.807, 2.05) is 0 Å². The minimum Gasteiger partial charge on any atom is -0.383 e. The molecule has 4 heteroatoms. The molecule has 0 aromatic heterocycles. The fourth-order valence-electron chi connectivity index (χ4n) is 2.87. The second-order valence-corrected chi connectivity index (χ2v) is 5.26. The topological polar surface area (TPSA) is 41.6 Å². The van der Waals surface area contributed by atoms with Crippen molar-refractivity contribution in [2.75, 3.05) is 13.7 Å². The zero-order valence-electron chi connectivity index (χ0n) is 11.2. The maximum absolute atomic E-state index is 12.5. The van der Waals surface area contributed by atoms with Crippen LogP contribution in [0.15, 0.2) is 0 Å². The molecule has 0 bridgehead atoms. The molecule has 2 aliphatic rings. The molecule has 0 radical (unpaired) electrons. The Morgan fingerprint density at radius 3 is 2.71 bits per heavy atom. The first kappa shape index (κ1) is 12.8. The van der Waals surface area contributed by atoms with E-state index in [9.17, 15) is 4.79 Å². The lowest BCUT2D eigenvalue weighted by Crippen LogP contribution is -2.46. The lowest BCUT2D eigenvalue weighted by molar-refractivity contribution is -0.134. The van der Waals surface area contributed by atoms with E-state index < -0.39 is 0 Å². The summed E-state index contributed by atoms with van der Waals surface area (Å²) in [5, 5.41) is 3.51. The molecule has 1 saturated heterocycles. The maximum atomic E-state index is 12.5. The summed E-state index contributed by atoms with van der Waals surface area (Å²) in [4.78, 5) is 14.5. The average Bonchev–Trinajstić information content (AvgIpc) is 3.03. The average molecular weight is 240 g/mol. The summed E-state index contributed by atoms with van der Waals surface area (Å²) in [6.45, 7) is 4.94. The molecule has 1 aliphatic heterocycles. The molecule has 1 saturated carbocycles. The summed E-state index contributed by atoms with van der Waals surface area (Å²) in [6.07, 6.45) is 5.29. The molecule has 4 nitrogen and oxygen atoms in total. The van der Waals surface area contributed by atoms with Gasteiger partial charge >= 0.3 is 0 Å². The fourth-order valence-corrected chi connectivity index (χ4v) is 2.87. The normalized spacial score (nSPS) is 27.8. The van der Waals surface area contributed by atoms with Crippen LogP contribution in [0.4, 0.5) is 0 Å². The molecule has 1 heterocycles. The molecule has 0 aromatic rings. The van der Waals surface area contributed by atoms with Gasteiger partial charge in [-0.1, -0.05) is 20.3 Å². The zero-order valence-corrected chi connectivity index (χ0v) is 11.2. The number of methoxy groups -OCH3 is 1. The van der Waals surface area contributed by atoms with Crippen LogP contribution < -0.4 is 5.32 Å². The highest BCUT2D eigenvalue weighted by Crippen LogP contribution is 2.43.